The van der Waals surface area contributed by atoms with Crippen LogP contribution >= 0.6 is 0 Å². The summed E-state index contributed by atoms with van der Waals surface area (Å²) >= 11 is 0. The van der Waals surface area contributed by atoms with Gasteiger partial charge in [-0.3, -0.25) is 0 Å². The Bertz CT molecular complexity index is 481. The minimum absolute atomic E-state index is 0.223. The molecule has 7 heteroatoms. The lowest BCUT2D eigenvalue weighted by molar-refractivity contribution is 0.00354. The van der Waals surface area contributed by atoms with Crippen molar-refractivity contribution in [2.24, 2.45) is 5.92 Å². The van der Waals surface area contributed by atoms with Gasteiger partial charge in [0.05, 0.1) is 24.6 Å². The molecule has 2 atom stereocenters. The number of pyridine rings is 1. The minimum atomic E-state index is -0.223. The number of nitrogens with one attached hydrogen (secondary N) is 2. The van der Waals surface area contributed by atoms with Crippen LogP contribution in [0.4, 0.5) is 10.5 Å². The van der Waals surface area contributed by atoms with Crippen molar-refractivity contribution in [2.75, 3.05) is 38.8 Å². The molecule has 7 nitrogen and oxygen atoms in total. The highest BCUT2D eigenvalue weighted by molar-refractivity contribution is 5.88. The summed E-state index contributed by atoms with van der Waals surface area (Å²) in [6, 6.07) is 3.25. The Labute approximate surface area is 136 Å². The highest BCUT2D eigenvalue weighted by atomic mass is 16.5. The first-order valence-electron chi connectivity index (χ1n) is 7.91. The zero-order valence-corrected chi connectivity index (χ0v) is 13.7. The van der Waals surface area contributed by atoms with Gasteiger partial charge >= 0.3 is 6.03 Å². The molecule has 1 aromatic rings. The lowest BCUT2D eigenvalue weighted by Crippen LogP contribution is -2.36. The molecule has 128 valence electrons. The van der Waals surface area contributed by atoms with E-state index in [4.69, 9.17) is 14.2 Å². The molecule has 2 unspecified atom stereocenters. The molecule has 0 aromatic carbocycles. The van der Waals surface area contributed by atoms with E-state index >= 15 is 0 Å². The molecular weight excluding hydrogens is 298 g/mol. The second kappa shape index (κ2) is 9.32. The highest BCUT2D eigenvalue weighted by Gasteiger charge is 2.19. The first-order chi connectivity index (χ1) is 11.2. The first-order valence-corrected chi connectivity index (χ1v) is 7.91. The summed E-state index contributed by atoms with van der Waals surface area (Å²) in [6.45, 7) is 4.44. The molecule has 2 amide bonds. The quantitative estimate of drug-likeness (QED) is 0.751. The number of aromatic nitrogens is 1. The molecular formula is C16H25N3O4. The van der Waals surface area contributed by atoms with Crippen LogP contribution in [0.1, 0.15) is 19.8 Å². The Morgan fingerprint density at radius 2 is 2.30 bits per heavy atom. The Morgan fingerprint density at radius 3 is 3.00 bits per heavy atom. The van der Waals surface area contributed by atoms with Crippen molar-refractivity contribution in [3.8, 4) is 5.88 Å². The fourth-order valence-electron chi connectivity index (χ4n) is 2.46. The molecule has 23 heavy (non-hydrogen) atoms. The van der Waals surface area contributed by atoms with Gasteiger partial charge in [-0.15, -0.1) is 0 Å². The summed E-state index contributed by atoms with van der Waals surface area (Å²) in [5.41, 5.74) is 0.627. The average Bonchev–Trinajstić information content (AvgIpc) is 2.55. The molecule has 0 saturated carbocycles. The van der Waals surface area contributed by atoms with Gasteiger partial charge in [-0.2, -0.15) is 0 Å². The van der Waals surface area contributed by atoms with Crippen LogP contribution in [0.15, 0.2) is 18.3 Å². The maximum atomic E-state index is 11.9. The van der Waals surface area contributed by atoms with Crippen molar-refractivity contribution in [1.29, 1.82) is 0 Å². The van der Waals surface area contributed by atoms with Gasteiger partial charge in [0.2, 0.25) is 5.88 Å². The molecule has 2 rings (SSSR count). The highest BCUT2D eigenvalue weighted by Crippen LogP contribution is 2.19. The van der Waals surface area contributed by atoms with Crippen molar-refractivity contribution in [1.82, 2.24) is 10.3 Å². The number of hydrogen-bond donors (Lipinski definition) is 2. The van der Waals surface area contributed by atoms with E-state index in [9.17, 15) is 4.79 Å². The SMILES string of the molecule is COCCOc1ccc(NC(=O)NCC2CCOC(C)C2)cn1. The zero-order valence-electron chi connectivity index (χ0n) is 13.7. The van der Waals surface area contributed by atoms with Crippen LogP contribution in [0.25, 0.3) is 0 Å². The van der Waals surface area contributed by atoms with Gasteiger partial charge in [0, 0.05) is 26.3 Å². The van der Waals surface area contributed by atoms with Crippen molar-refractivity contribution in [3.63, 3.8) is 0 Å². The third-order valence-electron chi connectivity index (χ3n) is 3.68. The maximum Gasteiger partial charge on any atom is 0.319 e. The summed E-state index contributed by atoms with van der Waals surface area (Å²) < 4.78 is 15.8. The van der Waals surface area contributed by atoms with E-state index in [0.29, 0.717) is 37.2 Å². The monoisotopic (exact) mass is 323 g/mol. The van der Waals surface area contributed by atoms with E-state index in [1.165, 1.54) is 0 Å². The lowest BCUT2D eigenvalue weighted by Gasteiger charge is -2.27. The van der Waals surface area contributed by atoms with Gasteiger partial charge in [0.15, 0.2) is 0 Å². The number of urea groups is 1. The third kappa shape index (κ3) is 6.42. The third-order valence-corrected chi connectivity index (χ3v) is 3.68. The number of carbonyl (C=O) groups is 1. The molecule has 0 radical (unpaired) electrons. The lowest BCUT2D eigenvalue weighted by atomic mass is 9.96. The van der Waals surface area contributed by atoms with Crippen LogP contribution in [0.3, 0.4) is 0 Å². The average molecular weight is 323 g/mol. The number of carbonyl (C=O) groups excluding carboxylic acids is 1. The topological polar surface area (TPSA) is 81.7 Å². The van der Waals surface area contributed by atoms with Crippen molar-refractivity contribution >= 4 is 11.7 Å². The van der Waals surface area contributed by atoms with Crippen molar-refractivity contribution in [2.45, 2.75) is 25.9 Å². The summed E-state index contributed by atoms with van der Waals surface area (Å²) in [5.74, 6) is 0.975. The first kappa shape index (κ1) is 17.5. The Kier molecular flexibility index (Phi) is 7.09. The summed E-state index contributed by atoms with van der Waals surface area (Å²) in [4.78, 5) is 16.0. The van der Waals surface area contributed by atoms with E-state index in [2.05, 4.69) is 22.5 Å². The second-order valence-electron chi connectivity index (χ2n) is 5.63. The molecule has 1 aromatic heterocycles. The molecule has 0 spiro atoms. The van der Waals surface area contributed by atoms with Crippen LogP contribution in [-0.4, -0.2) is 50.6 Å². The van der Waals surface area contributed by atoms with Crippen LogP contribution in [0.2, 0.25) is 0 Å². The number of anilines is 1. The normalized spacial score (nSPS) is 20.8. The molecule has 1 saturated heterocycles. The number of amides is 2. The van der Waals surface area contributed by atoms with Crippen LogP contribution in [0.5, 0.6) is 5.88 Å². The summed E-state index contributed by atoms with van der Waals surface area (Å²) in [7, 11) is 1.61. The minimum Gasteiger partial charge on any atom is -0.475 e. The number of ether oxygens (including phenoxy) is 3. The predicted octanol–water partition coefficient (Wildman–Crippen LogP) is 2.04. The second-order valence-corrected chi connectivity index (χ2v) is 5.63. The number of rotatable bonds is 7. The molecule has 1 aliphatic heterocycles. The summed E-state index contributed by atoms with van der Waals surface area (Å²) in [5, 5.41) is 5.66. The van der Waals surface area contributed by atoms with Gasteiger partial charge in [-0.1, -0.05) is 0 Å². The van der Waals surface area contributed by atoms with Gasteiger partial charge < -0.3 is 24.8 Å². The van der Waals surface area contributed by atoms with Crippen molar-refractivity contribution < 1.29 is 19.0 Å². The Balaban J connectivity index is 1.70. The van der Waals surface area contributed by atoms with Gasteiger partial charge in [-0.25, -0.2) is 9.78 Å². The molecule has 1 aliphatic rings. The maximum absolute atomic E-state index is 11.9. The molecule has 1 fully saturated rings. The standard InChI is InChI=1S/C16H25N3O4/c1-12-9-13(5-6-22-12)10-18-16(20)19-14-3-4-15(17-11-14)23-8-7-21-2/h3-4,11-13H,5-10H2,1-2H3,(H2,18,19,20). The van der Waals surface area contributed by atoms with Crippen LogP contribution in [0, 0.1) is 5.92 Å². The van der Waals surface area contributed by atoms with Gasteiger partial charge in [-0.05, 0) is 31.7 Å². The smallest absolute Gasteiger partial charge is 0.319 e. The Hall–Kier alpha value is -1.86. The number of hydrogen-bond acceptors (Lipinski definition) is 5. The van der Waals surface area contributed by atoms with E-state index in [0.717, 1.165) is 19.4 Å². The van der Waals surface area contributed by atoms with E-state index in [1.807, 2.05) is 0 Å². The van der Waals surface area contributed by atoms with Crippen molar-refractivity contribution in [3.05, 3.63) is 18.3 Å². The van der Waals surface area contributed by atoms with Crippen LogP contribution < -0.4 is 15.4 Å². The van der Waals surface area contributed by atoms with Crippen LogP contribution in [-0.2, 0) is 9.47 Å². The van der Waals surface area contributed by atoms with E-state index < -0.39 is 0 Å². The fourth-order valence-corrected chi connectivity index (χ4v) is 2.46. The molecule has 2 N–H and O–H groups in total. The molecule has 0 bridgehead atoms. The van der Waals surface area contributed by atoms with Gasteiger partial charge in [0.25, 0.3) is 0 Å². The fraction of sp³-hybridized carbons (Fsp3) is 0.625. The number of nitrogens with zero attached hydrogens (tertiary/aromatic N) is 1. The number of methoxy groups -OCH3 is 1. The van der Waals surface area contributed by atoms with Gasteiger partial charge in [0.1, 0.15) is 6.61 Å². The predicted molar refractivity (Wildman–Crippen MR) is 86.8 cm³/mol. The van der Waals surface area contributed by atoms with E-state index in [1.54, 1.807) is 25.4 Å². The zero-order chi connectivity index (χ0) is 16.5. The molecule has 0 aliphatic carbocycles. The summed E-state index contributed by atoms with van der Waals surface area (Å²) in [6.07, 6.45) is 3.81. The van der Waals surface area contributed by atoms with E-state index in [-0.39, 0.29) is 12.1 Å². The Morgan fingerprint density at radius 1 is 1.43 bits per heavy atom. The largest absolute Gasteiger partial charge is 0.475 e. The molecule has 2 heterocycles.